The van der Waals surface area contributed by atoms with Gasteiger partial charge in [0, 0.05) is 7.05 Å². The van der Waals surface area contributed by atoms with Crippen molar-refractivity contribution in [2.45, 2.75) is 13.8 Å². The monoisotopic (exact) mass is 399 g/mol. The average molecular weight is 400 g/mol. The Kier molecular flexibility index (Phi) is 6.19. The van der Waals surface area contributed by atoms with Crippen LogP contribution in [0.1, 0.15) is 16.7 Å². The fraction of sp³-hybridized carbons (Fsp3) is 0.238. The van der Waals surface area contributed by atoms with Crippen LogP contribution in [0.3, 0.4) is 0 Å². The average Bonchev–Trinajstić information content (AvgIpc) is 2.88. The minimum absolute atomic E-state index is 0.0711. The topological polar surface area (TPSA) is 38.8 Å². The van der Waals surface area contributed by atoms with Gasteiger partial charge in [0.05, 0.1) is 4.91 Å². The maximum Gasteiger partial charge on any atom is 0.265 e. The van der Waals surface area contributed by atoms with E-state index in [1.54, 1.807) is 7.05 Å². The summed E-state index contributed by atoms with van der Waals surface area (Å²) in [4.78, 5) is 14.2. The van der Waals surface area contributed by atoms with Crippen LogP contribution in [0.5, 0.6) is 11.5 Å². The summed E-state index contributed by atoms with van der Waals surface area (Å²) in [6, 6.07) is 13.8. The maximum atomic E-state index is 12.1. The summed E-state index contributed by atoms with van der Waals surface area (Å²) in [7, 11) is 1.69. The van der Waals surface area contributed by atoms with E-state index >= 15 is 0 Å². The molecule has 0 bridgehead atoms. The highest BCUT2D eigenvalue weighted by atomic mass is 32.2. The SMILES string of the molecule is Cc1ccc(C)c(OCCOc2cccc(C=C3SC(=S)N(C)C3=O)c2)c1. The van der Waals surface area contributed by atoms with Crippen LogP contribution in [-0.2, 0) is 4.79 Å². The molecule has 0 aromatic heterocycles. The molecule has 1 heterocycles. The molecule has 6 heteroatoms. The zero-order valence-corrected chi connectivity index (χ0v) is 17.2. The molecule has 1 aliphatic heterocycles. The van der Waals surface area contributed by atoms with Crippen LogP contribution in [0.2, 0.25) is 0 Å². The number of carbonyl (C=O) groups is 1. The summed E-state index contributed by atoms with van der Waals surface area (Å²) in [5.41, 5.74) is 3.18. The van der Waals surface area contributed by atoms with E-state index in [0.29, 0.717) is 22.4 Å². The van der Waals surface area contributed by atoms with Gasteiger partial charge in [0.25, 0.3) is 5.91 Å². The second kappa shape index (κ2) is 8.59. The number of amides is 1. The van der Waals surface area contributed by atoms with E-state index < -0.39 is 0 Å². The number of benzene rings is 2. The summed E-state index contributed by atoms with van der Waals surface area (Å²) < 4.78 is 12.2. The number of aryl methyl sites for hydroxylation is 2. The lowest BCUT2D eigenvalue weighted by Crippen LogP contribution is -2.22. The second-order valence-electron chi connectivity index (χ2n) is 6.28. The Morgan fingerprint density at radius 1 is 1.11 bits per heavy atom. The van der Waals surface area contributed by atoms with Gasteiger partial charge in [0.15, 0.2) is 0 Å². The smallest absolute Gasteiger partial charge is 0.265 e. The molecular weight excluding hydrogens is 378 g/mol. The van der Waals surface area contributed by atoms with Gasteiger partial charge in [-0.05, 0) is 54.8 Å². The third-order valence-corrected chi connectivity index (χ3v) is 5.58. The van der Waals surface area contributed by atoms with Crippen molar-refractivity contribution >= 4 is 40.3 Å². The van der Waals surface area contributed by atoms with Gasteiger partial charge in [-0.25, -0.2) is 0 Å². The lowest BCUT2D eigenvalue weighted by atomic mass is 10.1. The number of nitrogens with zero attached hydrogens (tertiary/aromatic N) is 1. The van der Waals surface area contributed by atoms with E-state index in [-0.39, 0.29) is 5.91 Å². The molecular formula is C21H21NO3S2. The molecule has 4 nitrogen and oxygen atoms in total. The standard InChI is InChI=1S/C21H21NO3S2/c1-14-7-8-15(2)18(11-14)25-10-9-24-17-6-4-5-16(12-17)13-19-20(23)22(3)21(26)27-19/h4-8,11-13H,9-10H2,1-3H3. The first-order valence-electron chi connectivity index (χ1n) is 8.58. The first-order chi connectivity index (χ1) is 12.9. The Balaban J connectivity index is 1.57. The molecule has 1 saturated heterocycles. The second-order valence-corrected chi connectivity index (χ2v) is 7.95. The Morgan fingerprint density at radius 2 is 1.89 bits per heavy atom. The van der Waals surface area contributed by atoms with Gasteiger partial charge in [-0.3, -0.25) is 9.69 Å². The lowest BCUT2D eigenvalue weighted by molar-refractivity contribution is -0.121. The van der Waals surface area contributed by atoms with Gasteiger partial charge in [-0.2, -0.15) is 0 Å². The first-order valence-corrected chi connectivity index (χ1v) is 9.81. The molecule has 0 saturated carbocycles. The van der Waals surface area contributed by atoms with E-state index in [1.165, 1.54) is 22.2 Å². The van der Waals surface area contributed by atoms with E-state index in [1.807, 2.05) is 56.3 Å². The molecule has 3 rings (SSSR count). The third kappa shape index (κ3) is 4.90. The summed E-state index contributed by atoms with van der Waals surface area (Å²) in [5.74, 6) is 1.55. The minimum Gasteiger partial charge on any atom is -0.490 e. The maximum absolute atomic E-state index is 12.1. The van der Waals surface area contributed by atoms with Crippen LogP contribution in [0, 0.1) is 13.8 Å². The highest BCUT2D eigenvalue weighted by molar-refractivity contribution is 8.26. The van der Waals surface area contributed by atoms with Gasteiger partial charge < -0.3 is 9.47 Å². The Morgan fingerprint density at radius 3 is 2.63 bits per heavy atom. The predicted octanol–water partition coefficient (Wildman–Crippen LogP) is 4.59. The molecule has 1 fully saturated rings. The van der Waals surface area contributed by atoms with Gasteiger partial charge in [-0.15, -0.1) is 0 Å². The summed E-state index contributed by atoms with van der Waals surface area (Å²) >= 11 is 6.47. The fourth-order valence-corrected chi connectivity index (χ4v) is 3.74. The van der Waals surface area contributed by atoms with Crippen LogP contribution in [-0.4, -0.2) is 35.4 Å². The van der Waals surface area contributed by atoms with Crippen LogP contribution >= 0.6 is 24.0 Å². The van der Waals surface area contributed by atoms with Crippen molar-refractivity contribution < 1.29 is 14.3 Å². The summed E-state index contributed by atoms with van der Waals surface area (Å²) in [6.45, 7) is 4.97. The highest BCUT2D eigenvalue weighted by Crippen LogP contribution is 2.31. The third-order valence-electron chi connectivity index (χ3n) is 4.10. The van der Waals surface area contributed by atoms with Crippen LogP contribution in [0.4, 0.5) is 0 Å². The highest BCUT2D eigenvalue weighted by Gasteiger charge is 2.28. The van der Waals surface area contributed by atoms with Crippen molar-refractivity contribution in [3.63, 3.8) is 0 Å². The zero-order valence-electron chi connectivity index (χ0n) is 15.5. The van der Waals surface area contributed by atoms with Gasteiger partial charge in [0.1, 0.15) is 29.0 Å². The largest absolute Gasteiger partial charge is 0.490 e. The van der Waals surface area contributed by atoms with Crippen molar-refractivity contribution in [1.29, 1.82) is 0 Å². The van der Waals surface area contributed by atoms with Crippen molar-refractivity contribution in [3.8, 4) is 11.5 Å². The molecule has 0 N–H and O–H groups in total. The van der Waals surface area contributed by atoms with Crippen molar-refractivity contribution in [2.24, 2.45) is 0 Å². The number of likely N-dealkylation sites (N-methyl/N-ethyl adjacent to an activating group) is 1. The molecule has 1 amide bonds. The fourth-order valence-electron chi connectivity index (χ4n) is 2.57. The lowest BCUT2D eigenvalue weighted by Gasteiger charge is -2.11. The van der Waals surface area contributed by atoms with E-state index in [0.717, 1.165) is 22.6 Å². The Bertz CT molecular complexity index is 908. The number of thioether (sulfide) groups is 1. The molecule has 0 radical (unpaired) electrons. The zero-order chi connectivity index (χ0) is 19.4. The van der Waals surface area contributed by atoms with Crippen LogP contribution in [0.25, 0.3) is 6.08 Å². The summed E-state index contributed by atoms with van der Waals surface area (Å²) in [5, 5.41) is 0. The van der Waals surface area contributed by atoms with E-state index in [9.17, 15) is 4.79 Å². The molecule has 0 aliphatic carbocycles. The molecule has 0 atom stereocenters. The molecule has 0 unspecified atom stereocenters. The minimum atomic E-state index is -0.0711. The van der Waals surface area contributed by atoms with Crippen molar-refractivity contribution in [3.05, 3.63) is 64.1 Å². The molecule has 140 valence electrons. The van der Waals surface area contributed by atoms with E-state index in [2.05, 4.69) is 6.07 Å². The Labute approximate surface area is 169 Å². The Hall–Kier alpha value is -2.31. The van der Waals surface area contributed by atoms with E-state index in [4.69, 9.17) is 21.7 Å². The molecule has 27 heavy (non-hydrogen) atoms. The number of rotatable bonds is 6. The number of hydrogen-bond acceptors (Lipinski definition) is 5. The van der Waals surface area contributed by atoms with Gasteiger partial charge in [-0.1, -0.05) is 48.2 Å². The quantitative estimate of drug-likeness (QED) is 0.403. The molecule has 2 aromatic carbocycles. The van der Waals surface area contributed by atoms with Crippen molar-refractivity contribution in [1.82, 2.24) is 4.90 Å². The normalized spacial score (nSPS) is 15.5. The number of ether oxygens (including phenoxy) is 2. The molecule has 0 spiro atoms. The summed E-state index contributed by atoms with van der Waals surface area (Å²) in [6.07, 6.45) is 1.84. The number of hydrogen-bond donors (Lipinski definition) is 0. The van der Waals surface area contributed by atoms with Gasteiger partial charge >= 0.3 is 0 Å². The first kappa shape index (κ1) is 19.5. The van der Waals surface area contributed by atoms with Crippen molar-refractivity contribution in [2.75, 3.05) is 20.3 Å². The number of carbonyl (C=O) groups excluding carboxylic acids is 1. The van der Waals surface area contributed by atoms with Crippen LogP contribution < -0.4 is 9.47 Å². The van der Waals surface area contributed by atoms with Gasteiger partial charge in [0.2, 0.25) is 0 Å². The molecule has 1 aliphatic rings. The number of thiocarbonyl (C=S) groups is 1. The van der Waals surface area contributed by atoms with Crippen LogP contribution in [0.15, 0.2) is 47.4 Å². The predicted molar refractivity (Wildman–Crippen MR) is 114 cm³/mol. The molecule has 2 aromatic rings.